The standard InChI is InChI=1S/C26H29ClN2O4S/c1-19-9-12-24(13-10-19)34(31,32)29(25-14-11-22(27)16-20(25)2)18-26(30)28-15-5-7-21-6-4-8-23(17-21)33-3/h4,6,8-14,16-17H,5,7,15,18H2,1-3H3,(H,28,30). The molecular weight excluding hydrogens is 472 g/mol. The first kappa shape index (κ1) is 25.6. The van der Waals surface area contributed by atoms with Crippen molar-refractivity contribution in [2.45, 2.75) is 31.6 Å². The van der Waals surface area contributed by atoms with E-state index in [1.54, 1.807) is 56.5 Å². The Bertz CT molecular complexity index is 1240. The monoisotopic (exact) mass is 500 g/mol. The van der Waals surface area contributed by atoms with Crippen molar-refractivity contribution in [3.8, 4) is 5.75 Å². The molecule has 0 atom stereocenters. The number of amides is 1. The summed E-state index contributed by atoms with van der Waals surface area (Å²) in [7, 11) is -2.34. The maximum atomic E-state index is 13.5. The molecule has 0 fully saturated rings. The third kappa shape index (κ3) is 6.52. The first-order valence-electron chi connectivity index (χ1n) is 11.0. The van der Waals surface area contributed by atoms with Crippen LogP contribution in [0.2, 0.25) is 5.02 Å². The van der Waals surface area contributed by atoms with Gasteiger partial charge in [-0.25, -0.2) is 8.42 Å². The summed E-state index contributed by atoms with van der Waals surface area (Å²) in [5.41, 5.74) is 3.13. The van der Waals surface area contributed by atoms with Crippen LogP contribution in [0.4, 0.5) is 5.69 Å². The van der Waals surface area contributed by atoms with Gasteiger partial charge in [-0.05, 0) is 80.3 Å². The lowest BCUT2D eigenvalue weighted by atomic mass is 10.1. The van der Waals surface area contributed by atoms with Gasteiger partial charge in [-0.3, -0.25) is 9.10 Å². The molecule has 0 aromatic heterocycles. The van der Waals surface area contributed by atoms with Crippen LogP contribution in [0.5, 0.6) is 5.75 Å². The molecule has 34 heavy (non-hydrogen) atoms. The van der Waals surface area contributed by atoms with Crippen LogP contribution in [0.25, 0.3) is 0 Å². The first-order chi connectivity index (χ1) is 16.2. The molecule has 0 spiro atoms. The van der Waals surface area contributed by atoms with Crippen molar-refractivity contribution in [1.29, 1.82) is 0 Å². The van der Waals surface area contributed by atoms with E-state index in [1.165, 1.54) is 0 Å². The van der Waals surface area contributed by atoms with Crippen molar-refractivity contribution >= 4 is 33.2 Å². The van der Waals surface area contributed by atoms with E-state index < -0.39 is 10.0 Å². The summed E-state index contributed by atoms with van der Waals surface area (Å²) in [6.07, 6.45) is 1.47. The van der Waals surface area contributed by atoms with E-state index in [1.807, 2.05) is 31.2 Å². The van der Waals surface area contributed by atoms with Gasteiger partial charge < -0.3 is 10.1 Å². The van der Waals surface area contributed by atoms with E-state index in [2.05, 4.69) is 5.32 Å². The molecule has 0 heterocycles. The molecule has 3 aromatic carbocycles. The normalized spacial score (nSPS) is 11.2. The van der Waals surface area contributed by atoms with Gasteiger partial charge in [0.25, 0.3) is 10.0 Å². The van der Waals surface area contributed by atoms with Gasteiger partial charge in [0.15, 0.2) is 0 Å². The molecule has 0 aliphatic carbocycles. The molecule has 180 valence electrons. The Morgan fingerprint density at radius 2 is 1.76 bits per heavy atom. The van der Waals surface area contributed by atoms with Crippen molar-refractivity contribution in [3.05, 3.63) is 88.4 Å². The summed E-state index contributed by atoms with van der Waals surface area (Å²) in [4.78, 5) is 12.9. The van der Waals surface area contributed by atoms with E-state index in [0.717, 1.165) is 27.6 Å². The quantitative estimate of drug-likeness (QED) is 0.401. The van der Waals surface area contributed by atoms with E-state index in [9.17, 15) is 13.2 Å². The van der Waals surface area contributed by atoms with Crippen LogP contribution in [0.3, 0.4) is 0 Å². The average molecular weight is 501 g/mol. The number of hydrogen-bond donors (Lipinski definition) is 1. The first-order valence-corrected chi connectivity index (χ1v) is 12.8. The van der Waals surface area contributed by atoms with Crippen LogP contribution in [0, 0.1) is 13.8 Å². The molecule has 0 saturated heterocycles. The second-order valence-corrected chi connectivity index (χ2v) is 10.4. The summed E-state index contributed by atoms with van der Waals surface area (Å²) < 4.78 is 33.4. The van der Waals surface area contributed by atoms with Crippen LogP contribution >= 0.6 is 11.6 Å². The van der Waals surface area contributed by atoms with E-state index in [4.69, 9.17) is 16.3 Å². The summed E-state index contributed by atoms with van der Waals surface area (Å²) in [5, 5.41) is 3.34. The van der Waals surface area contributed by atoms with Gasteiger partial charge in [-0.15, -0.1) is 0 Å². The molecular formula is C26H29ClN2O4S. The average Bonchev–Trinajstić information content (AvgIpc) is 2.81. The Hall–Kier alpha value is -3.03. The van der Waals surface area contributed by atoms with E-state index in [0.29, 0.717) is 29.2 Å². The Morgan fingerprint density at radius 3 is 2.44 bits per heavy atom. The number of ether oxygens (including phenoxy) is 1. The molecule has 8 heteroatoms. The summed E-state index contributed by atoms with van der Waals surface area (Å²) in [6.45, 7) is 3.74. The van der Waals surface area contributed by atoms with Crippen molar-refractivity contribution in [2.75, 3.05) is 24.5 Å². The van der Waals surface area contributed by atoms with E-state index >= 15 is 0 Å². The largest absolute Gasteiger partial charge is 0.497 e. The number of rotatable bonds is 10. The number of hydrogen-bond acceptors (Lipinski definition) is 4. The lowest BCUT2D eigenvalue weighted by Gasteiger charge is -2.26. The molecule has 1 amide bonds. The second-order valence-electron chi connectivity index (χ2n) is 8.06. The van der Waals surface area contributed by atoms with Gasteiger partial charge in [0.1, 0.15) is 12.3 Å². The molecule has 6 nitrogen and oxygen atoms in total. The number of benzene rings is 3. The maximum absolute atomic E-state index is 13.5. The highest BCUT2D eigenvalue weighted by molar-refractivity contribution is 7.92. The van der Waals surface area contributed by atoms with Crippen LogP contribution in [-0.4, -0.2) is 34.5 Å². The van der Waals surface area contributed by atoms with Crippen molar-refractivity contribution < 1.29 is 17.9 Å². The van der Waals surface area contributed by atoms with Gasteiger partial charge in [0.2, 0.25) is 5.91 Å². The van der Waals surface area contributed by atoms with Crippen LogP contribution in [-0.2, 0) is 21.2 Å². The topological polar surface area (TPSA) is 75.7 Å². The summed E-state index contributed by atoms with van der Waals surface area (Å²) in [6, 6.07) is 19.3. The zero-order valence-corrected chi connectivity index (χ0v) is 21.1. The number of carbonyl (C=O) groups excluding carboxylic acids is 1. The van der Waals surface area contributed by atoms with E-state index in [-0.39, 0.29) is 17.3 Å². The lowest BCUT2D eigenvalue weighted by molar-refractivity contribution is -0.119. The number of aryl methyl sites for hydroxylation is 3. The summed E-state index contributed by atoms with van der Waals surface area (Å²) in [5.74, 6) is 0.410. The van der Waals surface area contributed by atoms with Crippen LogP contribution < -0.4 is 14.4 Å². The number of methoxy groups -OCH3 is 1. The number of nitrogens with one attached hydrogen (secondary N) is 1. The van der Waals surface area contributed by atoms with Gasteiger partial charge in [-0.1, -0.05) is 41.4 Å². The molecule has 0 unspecified atom stereocenters. The Kier molecular flexibility index (Phi) is 8.58. The van der Waals surface area contributed by atoms with Crippen molar-refractivity contribution in [3.63, 3.8) is 0 Å². The number of nitrogens with zero attached hydrogens (tertiary/aromatic N) is 1. The Morgan fingerprint density at radius 1 is 1.03 bits per heavy atom. The molecule has 0 radical (unpaired) electrons. The highest BCUT2D eigenvalue weighted by Gasteiger charge is 2.28. The fraction of sp³-hybridized carbons (Fsp3) is 0.269. The zero-order valence-electron chi connectivity index (χ0n) is 19.5. The third-order valence-corrected chi connectivity index (χ3v) is 7.43. The van der Waals surface area contributed by atoms with Gasteiger partial charge in [0, 0.05) is 11.6 Å². The fourth-order valence-electron chi connectivity index (χ4n) is 3.57. The predicted molar refractivity (Wildman–Crippen MR) is 136 cm³/mol. The zero-order chi connectivity index (χ0) is 24.7. The molecule has 0 aliphatic heterocycles. The maximum Gasteiger partial charge on any atom is 0.264 e. The molecule has 0 aliphatic rings. The van der Waals surface area contributed by atoms with Crippen LogP contribution in [0.15, 0.2) is 71.6 Å². The lowest BCUT2D eigenvalue weighted by Crippen LogP contribution is -2.41. The van der Waals surface area contributed by atoms with Gasteiger partial charge in [0.05, 0.1) is 17.7 Å². The minimum absolute atomic E-state index is 0.123. The Labute approximate surface area is 206 Å². The highest BCUT2D eigenvalue weighted by Crippen LogP contribution is 2.29. The fourth-order valence-corrected chi connectivity index (χ4v) is 5.28. The highest BCUT2D eigenvalue weighted by atomic mass is 35.5. The van der Waals surface area contributed by atoms with Gasteiger partial charge >= 0.3 is 0 Å². The smallest absolute Gasteiger partial charge is 0.264 e. The number of carbonyl (C=O) groups is 1. The molecule has 0 saturated carbocycles. The molecule has 3 rings (SSSR count). The van der Waals surface area contributed by atoms with Crippen molar-refractivity contribution in [2.24, 2.45) is 0 Å². The molecule has 0 bridgehead atoms. The molecule has 1 N–H and O–H groups in total. The molecule has 3 aromatic rings. The van der Waals surface area contributed by atoms with Gasteiger partial charge in [-0.2, -0.15) is 0 Å². The number of halogens is 1. The third-order valence-electron chi connectivity index (χ3n) is 5.42. The Balaban J connectivity index is 1.73. The predicted octanol–water partition coefficient (Wildman–Crippen LogP) is 4.91. The SMILES string of the molecule is COc1cccc(CCCNC(=O)CN(c2ccc(Cl)cc2C)S(=O)(=O)c2ccc(C)cc2)c1. The minimum atomic E-state index is -3.97. The number of sulfonamides is 1. The second kappa shape index (κ2) is 11.4. The van der Waals surface area contributed by atoms with Crippen LogP contribution in [0.1, 0.15) is 23.1 Å². The summed E-state index contributed by atoms with van der Waals surface area (Å²) >= 11 is 6.07. The van der Waals surface area contributed by atoms with Crippen molar-refractivity contribution in [1.82, 2.24) is 5.32 Å². The number of anilines is 1. The minimum Gasteiger partial charge on any atom is -0.497 e.